The Bertz CT molecular complexity index is 586. The highest BCUT2D eigenvalue weighted by Gasteiger charge is 2.41. The first-order chi connectivity index (χ1) is 25.6. The summed E-state index contributed by atoms with van der Waals surface area (Å²) in [5, 5.41) is 0. The Morgan fingerprint density at radius 1 is 0.288 bits per heavy atom. The van der Waals surface area contributed by atoms with Gasteiger partial charge in [0.1, 0.15) is 0 Å². The van der Waals surface area contributed by atoms with Gasteiger partial charge in [-0.05, 0) is 83.9 Å². The fourth-order valence-corrected chi connectivity index (χ4v) is 17.4. The van der Waals surface area contributed by atoms with E-state index in [4.69, 9.17) is 26.6 Å². The minimum Gasteiger partial charge on any atom is -0.373 e. The molecule has 0 N–H and O–H groups in total. The molecule has 0 aromatic rings. The first-order valence-electron chi connectivity index (χ1n) is 22.0. The van der Waals surface area contributed by atoms with Gasteiger partial charge in [0.15, 0.2) is 0 Å². The highest BCUT2D eigenvalue weighted by molar-refractivity contribution is 9.26. The van der Waals surface area contributed by atoms with Crippen molar-refractivity contribution in [3.05, 3.63) is 0 Å². The van der Waals surface area contributed by atoms with Crippen LogP contribution in [-0.2, 0) is 26.6 Å². The van der Waals surface area contributed by atoms with E-state index in [0.717, 1.165) is 103 Å². The molecule has 6 nitrogen and oxygen atoms in total. The van der Waals surface area contributed by atoms with Crippen LogP contribution in [0, 0.1) is 0 Å². The SMILES string of the molecule is CCCCCO[Si](CCCCCSSSSCCCCC[Si](OCCCCC)(OCCCCC)OCCCCC)(OCCCCC)OCCCCC. The lowest BCUT2D eigenvalue weighted by molar-refractivity contribution is 0.0542. The predicted molar refractivity (Wildman–Crippen MR) is 242 cm³/mol. The first-order valence-corrected chi connectivity index (χ1v) is 31.0. The molecule has 0 atom stereocenters. The molecule has 0 aliphatic carbocycles. The molecule has 0 bridgehead atoms. The molecular formula is C40H86O6S4Si2. The van der Waals surface area contributed by atoms with Crippen molar-refractivity contribution in [2.45, 2.75) is 208 Å². The number of unbranched alkanes of at least 4 members (excludes halogenated alkanes) is 16. The molecule has 0 amide bonds. The normalized spacial score (nSPS) is 12.3. The van der Waals surface area contributed by atoms with E-state index in [1.807, 2.05) is 41.2 Å². The molecule has 0 rings (SSSR count). The Labute approximate surface area is 342 Å². The third-order valence-corrected chi connectivity index (χ3v) is 21.4. The van der Waals surface area contributed by atoms with Gasteiger partial charge in [-0.1, -0.05) is 153 Å². The zero-order valence-electron chi connectivity index (χ0n) is 35.1. The van der Waals surface area contributed by atoms with Crippen molar-refractivity contribution in [2.75, 3.05) is 51.1 Å². The van der Waals surface area contributed by atoms with Gasteiger partial charge in [0, 0.05) is 63.2 Å². The van der Waals surface area contributed by atoms with Crippen molar-refractivity contribution in [1.29, 1.82) is 0 Å². The van der Waals surface area contributed by atoms with Crippen LogP contribution in [0.2, 0.25) is 12.1 Å². The van der Waals surface area contributed by atoms with E-state index in [2.05, 4.69) is 41.5 Å². The average Bonchev–Trinajstić information content (AvgIpc) is 3.15. The average molecular weight is 848 g/mol. The maximum atomic E-state index is 6.55. The largest absolute Gasteiger partial charge is 0.500 e. The van der Waals surface area contributed by atoms with Crippen molar-refractivity contribution in [3.63, 3.8) is 0 Å². The first kappa shape index (κ1) is 53.6. The van der Waals surface area contributed by atoms with Crippen LogP contribution in [0.1, 0.15) is 196 Å². The Balaban J connectivity index is 4.49. The number of hydrogen-bond acceptors (Lipinski definition) is 10. The van der Waals surface area contributed by atoms with Gasteiger partial charge in [0.25, 0.3) is 0 Å². The zero-order valence-corrected chi connectivity index (χ0v) is 40.4. The summed E-state index contributed by atoms with van der Waals surface area (Å²) in [7, 11) is 2.66. The van der Waals surface area contributed by atoms with Crippen molar-refractivity contribution in [3.8, 4) is 0 Å². The summed E-state index contributed by atoms with van der Waals surface area (Å²) in [5.41, 5.74) is 0. The minimum absolute atomic E-state index is 0.778. The Morgan fingerprint density at radius 2 is 0.538 bits per heavy atom. The number of rotatable bonds is 45. The van der Waals surface area contributed by atoms with Crippen LogP contribution in [0.5, 0.6) is 0 Å². The Kier molecular flexibility index (Phi) is 43.5. The third-order valence-electron chi connectivity index (χ3n) is 8.96. The summed E-state index contributed by atoms with van der Waals surface area (Å²) in [6, 6.07) is 1.93. The van der Waals surface area contributed by atoms with Crippen molar-refractivity contribution in [2.24, 2.45) is 0 Å². The van der Waals surface area contributed by atoms with Crippen LogP contribution < -0.4 is 0 Å². The van der Waals surface area contributed by atoms with Gasteiger partial charge >= 0.3 is 17.6 Å². The van der Waals surface area contributed by atoms with Crippen LogP contribution >= 0.6 is 41.2 Å². The van der Waals surface area contributed by atoms with E-state index in [9.17, 15) is 0 Å². The molecular weight excluding hydrogens is 761 g/mol. The zero-order chi connectivity index (χ0) is 38.1. The highest BCUT2D eigenvalue weighted by atomic mass is 33.7. The summed E-state index contributed by atoms with van der Waals surface area (Å²) in [4.78, 5) is 0. The second-order valence-electron chi connectivity index (χ2n) is 14.1. The summed E-state index contributed by atoms with van der Waals surface area (Å²) in [5.74, 6) is 2.39. The molecule has 0 aromatic carbocycles. The van der Waals surface area contributed by atoms with E-state index in [1.165, 1.54) is 114 Å². The van der Waals surface area contributed by atoms with Gasteiger partial charge in [0.05, 0.1) is 0 Å². The highest BCUT2D eigenvalue weighted by Crippen LogP contribution is 2.43. The molecule has 0 aliphatic heterocycles. The molecule has 0 fully saturated rings. The monoisotopic (exact) mass is 846 g/mol. The van der Waals surface area contributed by atoms with Gasteiger partial charge in [-0.25, -0.2) is 0 Å². The van der Waals surface area contributed by atoms with E-state index < -0.39 is 17.6 Å². The van der Waals surface area contributed by atoms with Gasteiger partial charge in [0.2, 0.25) is 0 Å². The quantitative estimate of drug-likeness (QED) is 0.0336. The van der Waals surface area contributed by atoms with Gasteiger partial charge in [-0.15, -0.1) is 0 Å². The standard InChI is InChI=1S/C40H86O6S4Si2/c1-7-13-21-31-41-51(42-32-22-14-8-2,43-33-23-15-9-3)39-29-19-27-37-47-49-50-48-38-28-20-30-40-52(44-34-24-16-10-4,45-35-25-17-11-5)46-36-26-18-12-6/h7-40H2,1-6H3. The Morgan fingerprint density at radius 3 is 0.769 bits per heavy atom. The topological polar surface area (TPSA) is 55.4 Å². The molecule has 0 unspecified atom stereocenters. The van der Waals surface area contributed by atoms with Crippen molar-refractivity contribution < 1.29 is 26.6 Å². The summed E-state index contributed by atoms with van der Waals surface area (Å²) in [6.45, 7) is 18.2. The van der Waals surface area contributed by atoms with Gasteiger partial charge < -0.3 is 26.6 Å². The lowest BCUT2D eigenvalue weighted by Gasteiger charge is -2.30. The second kappa shape index (κ2) is 42.2. The lowest BCUT2D eigenvalue weighted by Crippen LogP contribution is -2.46. The molecule has 0 saturated heterocycles. The molecule has 0 radical (unpaired) electrons. The van der Waals surface area contributed by atoms with Crippen LogP contribution in [-0.4, -0.2) is 68.8 Å². The lowest BCUT2D eigenvalue weighted by atomic mass is 10.3. The van der Waals surface area contributed by atoms with Crippen LogP contribution in [0.25, 0.3) is 0 Å². The van der Waals surface area contributed by atoms with Crippen LogP contribution in [0.15, 0.2) is 0 Å². The molecule has 0 aliphatic rings. The van der Waals surface area contributed by atoms with E-state index in [0.29, 0.717) is 0 Å². The number of hydrogen-bond donors (Lipinski definition) is 0. The van der Waals surface area contributed by atoms with Crippen molar-refractivity contribution in [1.82, 2.24) is 0 Å². The fraction of sp³-hybridized carbons (Fsp3) is 1.00. The molecule has 12 heteroatoms. The summed E-state index contributed by atoms with van der Waals surface area (Å²) < 4.78 is 39.3. The van der Waals surface area contributed by atoms with Gasteiger partial charge in [-0.2, -0.15) is 0 Å². The van der Waals surface area contributed by atoms with Crippen molar-refractivity contribution >= 4 is 58.8 Å². The molecule has 0 heterocycles. The maximum absolute atomic E-state index is 6.55. The fourth-order valence-electron chi connectivity index (χ4n) is 5.63. The molecule has 52 heavy (non-hydrogen) atoms. The van der Waals surface area contributed by atoms with E-state index in [1.54, 1.807) is 0 Å². The Hall–Kier alpha value is 1.59. The second-order valence-corrected chi connectivity index (χ2v) is 25.8. The molecule has 0 aromatic heterocycles. The van der Waals surface area contributed by atoms with Crippen LogP contribution in [0.3, 0.4) is 0 Å². The summed E-state index contributed by atoms with van der Waals surface area (Å²) >= 11 is 0. The minimum atomic E-state index is -2.62. The summed E-state index contributed by atoms with van der Waals surface area (Å²) in [6.07, 6.45) is 28.3. The third kappa shape index (κ3) is 33.7. The van der Waals surface area contributed by atoms with Gasteiger partial charge in [-0.3, -0.25) is 0 Å². The maximum Gasteiger partial charge on any atom is 0.500 e. The molecule has 0 spiro atoms. The molecule has 0 saturated carbocycles. The van der Waals surface area contributed by atoms with E-state index >= 15 is 0 Å². The predicted octanol–water partition coefficient (Wildman–Crippen LogP) is 15.1. The molecule has 314 valence electrons. The van der Waals surface area contributed by atoms with E-state index in [-0.39, 0.29) is 0 Å². The van der Waals surface area contributed by atoms with Crippen LogP contribution in [0.4, 0.5) is 0 Å². The smallest absolute Gasteiger partial charge is 0.373 e.